The molecule has 0 aliphatic heterocycles. The zero-order valence-electron chi connectivity index (χ0n) is 11.0. The minimum atomic E-state index is -0.0378. The molecule has 0 bridgehead atoms. The summed E-state index contributed by atoms with van der Waals surface area (Å²) < 4.78 is 5.10. The van der Waals surface area contributed by atoms with Gasteiger partial charge in [0.05, 0.1) is 6.61 Å². The summed E-state index contributed by atoms with van der Waals surface area (Å²) in [5.41, 5.74) is 5.92. The Balaban J connectivity index is 3.76. The molecule has 0 aliphatic rings. The minimum Gasteiger partial charge on any atom is -0.383 e. The maximum absolute atomic E-state index is 5.95. The van der Waals surface area contributed by atoms with E-state index < -0.39 is 0 Å². The van der Waals surface area contributed by atoms with E-state index in [0.717, 1.165) is 32.5 Å². The average Bonchev–Trinajstić information content (AvgIpc) is 2.08. The second-order valence-electron chi connectivity index (χ2n) is 5.21. The summed E-state index contributed by atoms with van der Waals surface area (Å²) >= 11 is 0. The van der Waals surface area contributed by atoms with E-state index in [1.807, 2.05) is 0 Å². The van der Waals surface area contributed by atoms with Crippen molar-refractivity contribution in [2.24, 2.45) is 5.73 Å². The van der Waals surface area contributed by atoms with Crippen molar-refractivity contribution in [3.8, 4) is 0 Å². The standard InChI is InChI=1S/C12H28N2O/c1-11(2)14(9-10-15-5)8-6-7-12(3,4)13/h11H,6-10,13H2,1-5H3. The van der Waals surface area contributed by atoms with Crippen LogP contribution in [0.4, 0.5) is 0 Å². The van der Waals surface area contributed by atoms with Crippen LogP contribution in [0, 0.1) is 0 Å². The van der Waals surface area contributed by atoms with Gasteiger partial charge in [-0.2, -0.15) is 0 Å². The summed E-state index contributed by atoms with van der Waals surface area (Å²) in [7, 11) is 1.75. The van der Waals surface area contributed by atoms with Gasteiger partial charge in [-0.3, -0.25) is 4.90 Å². The number of nitrogens with two attached hydrogens (primary N) is 1. The van der Waals surface area contributed by atoms with Crippen molar-refractivity contribution in [1.82, 2.24) is 4.90 Å². The van der Waals surface area contributed by atoms with Crippen LogP contribution in [0.1, 0.15) is 40.5 Å². The van der Waals surface area contributed by atoms with E-state index in [-0.39, 0.29) is 5.54 Å². The first-order valence-corrected chi connectivity index (χ1v) is 5.88. The number of hydrogen-bond acceptors (Lipinski definition) is 3. The van der Waals surface area contributed by atoms with Crippen molar-refractivity contribution < 1.29 is 4.74 Å². The lowest BCUT2D eigenvalue weighted by Crippen LogP contribution is -2.37. The number of methoxy groups -OCH3 is 1. The van der Waals surface area contributed by atoms with E-state index in [0.29, 0.717) is 6.04 Å². The van der Waals surface area contributed by atoms with Gasteiger partial charge in [-0.1, -0.05) is 0 Å². The highest BCUT2D eigenvalue weighted by Crippen LogP contribution is 2.09. The second-order valence-corrected chi connectivity index (χ2v) is 5.21. The van der Waals surface area contributed by atoms with Crippen molar-refractivity contribution in [3.63, 3.8) is 0 Å². The molecule has 92 valence electrons. The molecule has 0 aliphatic carbocycles. The Bertz CT molecular complexity index is 152. The topological polar surface area (TPSA) is 38.5 Å². The maximum Gasteiger partial charge on any atom is 0.0589 e. The predicted molar refractivity (Wildman–Crippen MR) is 66.1 cm³/mol. The van der Waals surface area contributed by atoms with Crippen LogP contribution in [0.15, 0.2) is 0 Å². The molecular formula is C12H28N2O. The van der Waals surface area contributed by atoms with Gasteiger partial charge in [0, 0.05) is 25.2 Å². The van der Waals surface area contributed by atoms with Crippen LogP contribution in [-0.2, 0) is 4.74 Å². The fourth-order valence-corrected chi connectivity index (χ4v) is 1.57. The molecule has 2 N–H and O–H groups in total. The molecule has 0 saturated carbocycles. The third kappa shape index (κ3) is 8.85. The summed E-state index contributed by atoms with van der Waals surface area (Å²) in [5.74, 6) is 0. The molecule has 0 spiro atoms. The van der Waals surface area contributed by atoms with E-state index in [1.165, 1.54) is 0 Å². The molecule has 15 heavy (non-hydrogen) atoms. The van der Waals surface area contributed by atoms with Crippen molar-refractivity contribution in [1.29, 1.82) is 0 Å². The Hall–Kier alpha value is -0.120. The van der Waals surface area contributed by atoms with E-state index >= 15 is 0 Å². The van der Waals surface area contributed by atoms with E-state index in [9.17, 15) is 0 Å². The highest BCUT2D eigenvalue weighted by Gasteiger charge is 2.13. The van der Waals surface area contributed by atoms with Gasteiger partial charge in [0.2, 0.25) is 0 Å². The molecule has 3 heteroatoms. The zero-order chi connectivity index (χ0) is 11.9. The normalized spacial score (nSPS) is 12.8. The van der Waals surface area contributed by atoms with Gasteiger partial charge in [-0.15, -0.1) is 0 Å². The van der Waals surface area contributed by atoms with E-state index in [4.69, 9.17) is 10.5 Å². The lowest BCUT2D eigenvalue weighted by atomic mass is 10.00. The van der Waals surface area contributed by atoms with E-state index in [2.05, 4.69) is 32.6 Å². The Labute approximate surface area is 95.0 Å². The Kier molecular flexibility index (Phi) is 7.14. The van der Waals surface area contributed by atoms with Gasteiger partial charge in [-0.05, 0) is 47.1 Å². The molecule has 0 rings (SSSR count). The first-order chi connectivity index (χ1) is 6.87. The van der Waals surface area contributed by atoms with Crippen LogP contribution in [0.25, 0.3) is 0 Å². The summed E-state index contributed by atoms with van der Waals surface area (Å²) in [4.78, 5) is 2.44. The molecular weight excluding hydrogens is 188 g/mol. The molecule has 0 saturated heterocycles. The molecule has 0 unspecified atom stereocenters. The molecule has 0 heterocycles. The monoisotopic (exact) mass is 216 g/mol. The van der Waals surface area contributed by atoms with Crippen molar-refractivity contribution in [2.45, 2.75) is 52.1 Å². The summed E-state index contributed by atoms with van der Waals surface area (Å²) in [6.45, 7) is 11.6. The Morgan fingerprint density at radius 1 is 1.27 bits per heavy atom. The lowest BCUT2D eigenvalue weighted by Gasteiger charge is -2.27. The Morgan fingerprint density at radius 3 is 2.27 bits per heavy atom. The molecule has 0 aromatic rings. The molecule has 0 aromatic carbocycles. The van der Waals surface area contributed by atoms with Crippen LogP contribution in [0.2, 0.25) is 0 Å². The SMILES string of the molecule is COCCN(CCCC(C)(C)N)C(C)C. The molecule has 0 atom stereocenters. The smallest absolute Gasteiger partial charge is 0.0589 e. The van der Waals surface area contributed by atoms with Crippen LogP contribution >= 0.6 is 0 Å². The number of nitrogens with zero attached hydrogens (tertiary/aromatic N) is 1. The summed E-state index contributed by atoms with van der Waals surface area (Å²) in [5, 5.41) is 0. The Morgan fingerprint density at radius 2 is 1.87 bits per heavy atom. The first-order valence-electron chi connectivity index (χ1n) is 5.88. The lowest BCUT2D eigenvalue weighted by molar-refractivity contribution is 0.127. The van der Waals surface area contributed by atoms with E-state index in [1.54, 1.807) is 7.11 Å². The molecule has 0 radical (unpaired) electrons. The molecule has 0 amide bonds. The minimum absolute atomic E-state index is 0.0378. The average molecular weight is 216 g/mol. The van der Waals surface area contributed by atoms with Crippen LogP contribution < -0.4 is 5.73 Å². The van der Waals surface area contributed by atoms with Crippen LogP contribution in [0.5, 0.6) is 0 Å². The van der Waals surface area contributed by atoms with Gasteiger partial charge in [-0.25, -0.2) is 0 Å². The summed E-state index contributed by atoms with van der Waals surface area (Å²) in [6.07, 6.45) is 2.23. The van der Waals surface area contributed by atoms with Crippen molar-refractivity contribution in [3.05, 3.63) is 0 Å². The van der Waals surface area contributed by atoms with Gasteiger partial charge in [0.1, 0.15) is 0 Å². The van der Waals surface area contributed by atoms with Crippen LogP contribution in [-0.4, -0.2) is 43.3 Å². The second kappa shape index (κ2) is 7.20. The van der Waals surface area contributed by atoms with Gasteiger partial charge in [0.15, 0.2) is 0 Å². The highest BCUT2D eigenvalue weighted by molar-refractivity contribution is 4.73. The predicted octanol–water partition coefficient (Wildman–Crippen LogP) is 1.86. The van der Waals surface area contributed by atoms with Gasteiger partial charge in [0.25, 0.3) is 0 Å². The molecule has 3 nitrogen and oxygen atoms in total. The fraction of sp³-hybridized carbons (Fsp3) is 1.00. The van der Waals surface area contributed by atoms with Crippen molar-refractivity contribution in [2.75, 3.05) is 26.8 Å². The summed E-state index contributed by atoms with van der Waals surface area (Å²) in [6, 6.07) is 0.584. The third-order valence-electron chi connectivity index (χ3n) is 2.58. The molecule has 0 fully saturated rings. The van der Waals surface area contributed by atoms with Gasteiger partial charge < -0.3 is 10.5 Å². The number of ether oxygens (including phenoxy) is 1. The maximum atomic E-state index is 5.95. The number of hydrogen-bond donors (Lipinski definition) is 1. The first kappa shape index (κ1) is 14.9. The zero-order valence-corrected chi connectivity index (χ0v) is 11.0. The number of rotatable bonds is 8. The quantitative estimate of drug-likeness (QED) is 0.673. The van der Waals surface area contributed by atoms with Gasteiger partial charge >= 0.3 is 0 Å². The highest BCUT2D eigenvalue weighted by atomic mass is 16.5. The largest absolute Gasteiger partial charge is 0.383 e. The third-order valence-corrected chi connectivity index (χ3v) is 2.58. The fourth-order valence-electron chi connectivity index (χ4n) is 1.57. The molecule has 0 aromatic heterocycles. The van der Waals surface area contributed by atoms with Crippen LogP contribution in [0.3, 0.4) is 0 Å². The van der Waals surface area contributed by atoms with Crippen molar-refractivity contribution >= 4 is 0 Å².